The van der Waals surface area contributed by atoms with Gasteiger partial charge in [0.2, 0.25) is 0 Å². The van der Waals surface area contributed by atoms with Crippen LogP contribution in [0.4, 0.5) is 0 Å². The Hall–Kier alpha value is -1.69. The van der Waals surface area contributed by atoms with Crippen LogP contribution in [0.3, 0.4) is 0 Å². The van der Waals surface area contributed by atoms with E-state index in [2.05, 4.69) is 4.74 Å². The first kappa shape index (κ1) is 18.1. The van der Waals surface area contributed by atoms with Crippen LogP contribution in [0.5, 0.6) is 0 Å². The highest BCUT2D eigenvalue weighted by atomic mass is 35.5. The van der Waals surface area contributed by atoms with E-state index in [-0.39, 0.29) is 11.3 Å². The molecule has 1 aliphatic rings. The summed E-state index contributed by atoms with van der Waals surface area (Å²) in [5, 5.41) is 0.855. The monoisotopic (exact) mass is 395 g/mol. The van der Waals surface area contributed by atoms with Crippen molar-refractivity contribution in [2.75, 3.05) is 19.4 Å². The van der Waals surface area contributed by atoms with Crippen molar-refractivity contribution in [1.29, 1.82) is 0 Å². The molecular weight excluding hydrogens is 381 g/mol. The van der Waals surface area contributed by atoms with Crippen LogP contribution in [0.15, 0.2) is 42.5 Å². The molecule has 0 unspecified atom stereocenters. The van der Waals surface area contributed by atoms with Crippen molar-refractivity contribution in [2.45, 2.75) is 5.37 Å². The molecule has 0 radical (unpaired) electrons. The molecule has 1 amide bonds. The molecule has 2 aromatic carbocycles. The second-order valence-corrected chi connectivity index (χ2v) is 7.47. The summed E-state index contributed by atoms with van der Waals surface area (Å²) in [6, 6.07) is 11.9. The van der Waals surface area contributed by atoms with E-state index in [4.69, 9.17) is 23.2 Å². The van der Waals surface area contributed by atoms with Gasteiger partial charge in [0.25, 0.3) is 5.91 Å². The third-order valence-electron chi connectivity index (χ3n) is 3.93. The first-order valence-corrected chi connectivity index (χ1v) is 9.37. The molecule has 0 aliphatic carbocycles. The van der Waals surface area contributed by atoms with Crippen molar-refractivity contribution in [2.24, 2.45) is 0 Å². The predicted molar refractivity (Wildman–Crippen MR) is 100 cm³/mol. The number of carbonyl (C=O) groups excluding carboxylic acids is 2. The van der Waals surface area contributed by atoms with E-state index in [0.717, 1.165) is 11.3 Å². The predicted octanol–water partition coefficient (Wildman–Crippen LogP) is 4.67. The zero-order valence-corrected chi connectivity index (χ0v) is 15.7. The third-order valence-corrected chi connectivity index (χ3v) is 5.93. The molecule has 25 heavy (non-hydrogen) atoms. The third kappa shape index (κ3) is 3.78. The number of ether oxygens (including phenoxy) is 1. The SMILES string of the molecule is COC(=O)c1ccc(C(=O)N2CCS[C@@H]2c2ccc(Cl)c(Cl)c2)cc1. The Morgan fingerprint density at radius 2 is 1.76 bits per heavy atom. The summed E-state index contributed by atoms with van der Waals surface area (Å²) >= 11 is 13.8. The molecule has 1 atom stereocenters. The molecule has 0 spiro atoms. The standard InChI is InChI=1S/C18H15Cl2NO3S/c1-24-18(23)12-4-2-11(3-5-12)16(22)21-8-9-25-17(21)13-6-7-14(19)15(20)10-13/h2-7,10,17H,8-9H2,1H3/t17-/m1/s1. The number of methoxy groups -OCH3 is 1. The normalized spacial score (nSPS) is 16.8. The van der Waals surface area contributed by atoms with Crippen molar-refractivity contribution in [3.05, 3.63) is 69.2 Å². The van der Waals surface area contributed by atoms with Gasteiger partial charge in [-0.15, -0.1) is 11.8 Å². The molecule has 7 heteroatoms. The van der Waals surface area contributed by atoms with Gasteiger partial charge in [-0.1, -0.05) is 29.3 Å². The number of amides is 1. The van der Waals surface area contributed by atoms with Gasteiger partial charge >= 0.3 is 5.97 Å². The molecule has 3 rings (SSSR count). The van der Waals surface area contributed by atoms with Gasteiger partial charge in [0.15, 0.2) is 0 Å². The number of rotatable bonds is 3. The molecule has 1 aliphatic heterocycles. The summed E-state index contributed by atoms with van der Waals surface area (Å²) in [5.41, 5.74) is 1.88. The molecule has 1 fully saturated rings. The average molecular weight is 396 g/mol. The molecule has 1 saturated heterocycles. The van der Waals surface area contributed by atoms with E-state index in [1.165, 1.54) is 7.11 Å². The van der Waals surface area contributed by atoms with Crippen LogP contribution in [-0.2, 0) is 4.74 Å². The number of esters is 1. The summed E-state index contributed by atoms with van der Waals surface area (Å²) in [4.78, 5) is 26.2. The fourth-order valence-electron chi connectivity index (χ4n) is 2.65. The summed E-state index contributed by atoms with van der Waals surface area (Å²) in [6.07, 6.45) is 0. The van der Waals surface area contributed by atoms with Crippen LogP contribution in [0.25, 0.3) is 0 Å². The minimum atomic E-state index is -0.426. The van der Waals surface area contributed by atoms with Crippen molar-refractivity contribution in [1.82, 2.24) is 4.90 Å². The Bertz CT molecular complexity index is 810. The van der Waals surface area contributed by atoms with Gasteiger partial charge in [0.1, 0.15) is 5.37 Å². The van der Waals surface area contributed by atoms with E-state index < -0.39 is 5.97 Å². The van der Waals surface area contributed by atoms with E-state index in [0.29, 0.717) is 27.7 Å². The highest BCUT2D eigenvalue weighted by Crippen LogP contribution is 2.40. The van der Waals surface area contributed by atoms with Gasteiger partial charge in [-0.25, -0.2) is 4.79 Å². The summed E-state index contributed by atoms with van der Waals surface area (Å²) < 4.78 is 4.67. The lowest BCUT2D eigenvalue weighted by molar-refractivity contribution is 0.0599. The zero-order chi connectivity index (χ0) is 18.0. The molecule has 0 N–H and O–H groups in total. The average Bonchev–Trinajstić information content (AvgIpc) is 3.12. The van der Waals surface area contributed by atoms with E-state index in [9.17, 15) is 9.59 Å². The fraction of sp³-hybridized carbons (Fsp3) is 0.222. The summed E-state index contributed by atoms with van der Waals surface area (Å²) in [5.74, 6) is 0.332. The molecule has 0 aromatic heterocycles. The Labute approximate surface area is 160 Å². The zero-order valence-electron chi connectivity index (χ0n) is 13.4. The smallest absolute Gasteiger partial charge is 0.337 e. The summed E-state index contributed by atoms with van der Waals surface area (Å²) in [6.45, 7) is 0.646. The Morgan fingerprint density at radius 3 is 2.40 bits per heavy atom. The van der Waals surface area contributed by atoms with Gasteiger partial charge in [0.05, 0.1) is 22.7 Å². The molecular formula is C18H15Cl2NO3S. The molecule has 130 valence electrons. The quantitative estimate of drug-likeness (QED) is 0.708. The summed E-state index contributed by atoms with van der Waals surface area (Å²) in [7, 11) is 1.32. The maximum atomic E-state index is 12.9. The van der Waals surface area contributed by atoms with E-state index in [1.807, 2.05) is 6.07 Å². The topological polar surface area (TPSA) is 46.6 Å². The van der Waals surface area contributed by atoms with Gasteiger partial charge in [-0.2, -0.15) is 0 Å². The number of carbonyl (C=O) groups is 2. The second-order valence-electron chi connectivity index (χ2n) is 5.46. The second kappa shape index (κ2) is 7.68. The number of hydrogen-bond acceptors (Lipinski definition) is 4. The lowest BCUT2D eigenvalue weighted by atomic mass is 10.1. The van der Waals surface area contributed by atoms with Gasteiger partial charge in [0, 0.05) is 17.9 Å². The Morgan fingerprint density at radius 1 is 1.08 bits per heavy atom. The maximum Gasteiger partial charge on any atom is 0.337 e. The Kier molecular flexibility index (Phi) is 5.57. The van der Waals surface area contributed by atoms with Crippen molar-refractivity contribution in [3.8, 4) is 0 Å². The largest absolute Gasteiger partial charge is 0.465 e. The molecule has 1 heterocycles. The number of halogens is 2. The van der Waals surface area contributed by atoms with E-state index in [1.54, 1.807) is 53.1 Å². The first-order chi connectivity index (χ1) is 12.0. The van der Waals surface area contributed by atoms with Crippen molar-refractivity contribution in [3.63, 3.8) is 0 Å². The van der Waals surface area contributed by atoms with Crippen LogP contribution in [-0.4, -0.2) is 36.2 Å². The van der Waals surface area contributed by atoms with Gasteiger partial charge in [-0.3, -0.25) is 4.79 Å². The van der Waals surface area contributed by atoms with Crippen LogP contribution < -0.4 is 0 Å². The highest BCUT2D eigenvalue weighted by Gasteiger charge is 2.31. The lowest BCUT2D eigenvalue weighted by Gasteiger charge is -2.24. The fourth-order valence-corrected chi connectivity index (χ4v) is 4.20. The van der Waals surface area contributed by atoms with Crippen LogP contribution in [0.2, 0.25) is 10.0 Å². The van der Waals surface area contributed by atoms with Crippen molar-refractivity contribution < 1.29 is 14.3 Å². The minimum absolute atomic E-state index is 0.0857. The number of thioether (sulfide) groups is 1. The van der Waals surface area contributed by atoms with Gasteiger partial charge < -0.3 is 9.64 Å². The number of benzene rings is 2. The van der Waals surface area contributed by atoms with Crippen LogP contribution >= 0.6 is 35.0 Å². The van der Waals surface area contributed by atoms with Gasteiger partial charge in [-0.05, 0) is 42.0 Å². The first-order valence-electron chi connectivity index (χ1n) is 7.57. The molecule has 0 saturated carbocycles. The maximum absolute atomic E-state index is 12.9. The molecule has 2 aromatic rings. The van der Waals surface area contributed by atoms with Crippen LogP contribution in [0, 0.1) is 0 Å². The molecule has 4 nitrogen and oxygen atoms in total. The van der Waals surface area contributed by atoms with Crippen LogP contribution in [0.1, 0.15) is 31.7 Å². The number of nitrogens with zero attached hydrogens (tertiary/aromatic N) is 1. The van der Waals surface area contributed by atoms with E-state index >= 15 is 0 Å². The number of hydrogen-bond donors (Lipinski definition) is 0. The van der Waals surface area contributed by atoms with Crippen molar-refractivity contribution >= 4 is 46.8 Å². The Balaban J connectivity index is 1.83. The minimum Gasteiger partial charge on any atom is -0.465 e. The lowest BCUT2D eigenvalue weighted by Crippen LogP contribution is -2.30. The molecule has 0 bridgehead atoms. The highest BCUT2D eigenvalue weighted by molar-refractivity contribution is 7.99.